The number of ether oxygens (including phenoxy) is 2. The zero-order valence-electron chi connectivity index (χ0n) is 20.3. The lowest BCUT2D eigenvalue weighted by atomic mass is 9.58. The third-order valence-corrected chi connectivity index (χ3v) is 7.55. The highest BCUT2D eigenvalue weighted by atomic mass is 19.4. The Morgan fingerprint density at radius 3 is 1.90 bits per heavy atom. The molecule has 0 aromatic rings. The van der Waals surface area contributed by atoms with Gasteiger partial charge in [-0.25, -0.2) is 0 Å². The third-order valence-electron chi connectivity index (χ3n) is 7.55. The molecule has 7 heteroatoms. The number of carbonyl (C=O) groups excluding carboxylic acids is 2. The van der Waals surface area contributed by atoms with Crippen LogP contribution in [-0.2, 0) is 19.1 Å². The zero-order valence-corrected chi connectivity index (χ0v) is 20.3. The molecular formula is C24H41F3O4. The van der Waals surface area contributed by atoms with Crippen LogP contribution in [0.5, 0.6) is 0 Å². The number of halogens is 3. The smallest absolute Gasteiger partial charge is 0.422 e. The molecule has 1 rings (SSSR count). The number of rotatable bonds is 10. The van der Waals surface area contributed by atoms with Crippen LogP contribution in [-0.4, -0.2) is 30.3 Å². The Morgan fingerprint density at radius 2 is 1.45 bits per heavy atom. The van der Waals surface area contributed by atoms with Crippen LogP contribution in [0.4, 0.5) is 13.2 Å². The molecule has 1 aliphatic rings. The normalized spacial score (nSPS) is 19.4. The lowest BCUT2D eigenvalue weighted by Gasteiger charge is -2.48. The minimum absolute atomic E-state index is 0.0917. The summed E-state index contributed by atoms with van der Waals surface area (Å²) in [5, 5.41) is 0. The monoisotopic (exact) mass is 450 g/mol. The van der Waals surface area contributed by atoms with E-state index in [0.29, 0.717) is 19.3 Å². The summed E-state index contributed by atoms with van der Waals surface area (Å²) in [4.78, 5) is 25.9. The summed E-state index contributed by atoms with van der Waals surface area (Å²) in [6.07, 6.45) is 0.726. The van der Waals surface area contributed by atoms with Crippen molar-refractivity contribution in [2.75, 3.05) is 6.61 Å². The molecule has 0 saturated heterocycles. The lowest BCUT2D eigenvalue weighted by molar-refractivity contribution is -0.198. The first kappa shape index (κ1) is 27.8. The van der Waals surface area contributed by atoms with E-state index >= 15 is 0 Å². The van der Waals surface area contributed by atoms with Crippen LogP contribution in [0, 0.1) is 16.2 Å². The molecule has 0 spiro atoms. The van der Waals surface area contributed by atoms with Crippen LogP contribution in [0.25, 0.3) is 0 Å². The molecule has 0 bridgehead atoms. The van der Waals surface area contributed by atoms with Gasteiger partial charge in [0.2, 0.25) is 0 Å². The Morgan fingerprint density at radius 1 is 0.903 bits per heavy atom. The first-order chi connectivity index (χ1) is 14.0. The van der Waals surface area contributed by atoms with Crippen molar-refractivity contribution in [3.8, 4) is 0 Å². The number of hydrogen-bond acceptors (Lipinski definition) is 4. The van der Waals surface area contributed by atoms with Gasteiger partial charge in [0.05, 0.1) is 11.8 Å². The molecule has 1 unspecified atom stereocenters. The van der Waals surface area contributed by atoms with Crippen LogP contribution in [0.3, 0.4) is 0 Å². The van der Waals surface area contributed by atoms with E-state index in [2.05, 4.69) is 25.5 Å². The Hall–Kier alpha value is -1.27. The van der Waals surface area contributed by atoms with Crippen molar-refractivity contribution < 1.29 is 32.2 Å². The van der Waals surface area contributed by atoms with E-state index in [-0.39, 0.29) is 23.2 Å². The Balaban J connectivity index is 3.15. The van der Waals surface area contributed by atoms with Crippen molar-refractivity contribution in [1.82, 2.24) is 0 Å². The van der Waals surface area contributed by atoms with Gasteiger partial charge in [-0.3, -0.25) is 9.59 Å². The maximum absolute atomic E-state index is 13.7. The third kappa shape index (κ3) is 7.67. The van der Waals surface area contributed by atoms with Gasteiger partial charge in [0, 0.05) is 0 Å². The summed E-state index contributed by atoms with van der Waals surface area (Å²) >= 11 is 0. The molecule has 0 N–H and O–H groups in total. The standard InChI is InChI=1S/C24H41F3O4/c1-8-20(3,4)16-22(7,21(5,6)9-2)19(29)31-23(13-11-10-12-14-23)15-18(28)30-17-24(25,26)27/h8-17H2,1-7H3. The minimum atomic E-state index is -4.58. The van der Waals surface area contributed by atoms with Crippen molar-refractivity contribution in [2.24, 2.45) is 16.2 Å². The highest BCUT2D eigenvalue weighted by Gasteiger charge is 2.52. The number of esters is 2. The molecule has 0 aromatic heterocycles. The fraction of sp³-hybridized carbons (Fsp3) is 0.917. The molecular weight excluding hydrogens is 409 g/mol. The van der Waals surface area contributed by atoms with Gasteiger partial charge >= 0.3 is 18.1 Å². The molecule has 1 aliphatic carbocycles. The van der Waals surface area contributed by atoms with Gasteiger partial charge in [-0.05, 0) is 56.3 Å². The van der Waals surface area contributed by atoms with E-state index in [9.17, 15) is 22.8 Å². The second-order valence-corrected chi connectivity index (χ2v) is 10.8. The average Bonchev–Trinajstić information content (AvgIpc) is 2.65. The summed E-state index contributed by atoms with van der Waals surface area (Å²) in [6.45, 7) is 12.8. The topological polar surface area (TPSA) is 52.6 Å². The van der Waals surface area contributed by atoms with E-state index < -0.39 is 29.8 Å². The maximum Gasteiger partial charge on any atom is 0.422 e. The zero-order chi connectivity index (χ0) is 24.1. The van der Waals surface area contributed by atoms with Gasteiger partial charge in [-0.2, -0.15) is 13.2 Å². The molecule has 182 valence electrons. The predicted octanol–water partition coefficient (Wildman–Crippen LogP) is 7.00. The number of alkyl halides is 3. The van der Waals surface area contributed by atoms with E-state index in [1.807, 2.05) is 27.7 Å². The first-order valence-corrected chi connectivity index (χ1v) is 11.5. The number of hydrogen-bond donors (Lipinski definition) is 0. The second kappa shape index (κ2) is 10.1. The summed E-state index contributed by atoms with van der Waals surface area (Å²) in [5.74, 6) is -1.34. The summed E-state index contributed by atoms with van der Waals surface area (Å²) in [5.41, 5.74) is -2.35. The molecule has 0 heterocycles. The molecule has 31 heavy (non-hydrogen) atoms. The SMILES string of the molecule is CCC(C)(C)CC(C)(C(=O)OC1(CC(=O)OCC(F)(F)F)CCCCC1)C(C)(C)CC. The molecule has 4 nitrogen and oxygen atoms in total. The molecule has 0 amide bonds. The van der Waals surface area contributed by atoms with Crippen molar-refractivity contribution in [3.05, 3.63) is 0 Å². The fourth-order valence-electron chi connectivity index (χ4n) is 4.36. The van der Waals surface area contributed by atoms with Crippen molar-refractivity contribution in [1.29, 1.82) is 0 Å². The van der Waals surface area contributed by atoms with Gasteiger partial charge in [0.15, 0.2) is 6.61 Å². The van der Waals surface area contributed by atoms with E-state index in [1.165, 1.54) is 0 Å². The fourth-order valence-corrected chi connectivity index (χ4v) is 4.36. The summed E-state index contributed by atoms with van der Waals surface area (Å²) in [6, 6.07) is 0. The van der Waals surface area contributed by atoms with Crippen LogP contribution in [0.1, 0.15) is 106 Å². The largest absolute Gasteiger partial charge is 0.458 e. The van der Waals surface area contributed by atoms with E-state index in [1.54, 1.807) is 0 Å². The molecule has 1 saturated carbocycles. The Kier molecular flexibility index (Phi) is 9.06. The van der Waals surface area contributed by atoms with Crippen molar-refractivity contribution in [2.45, 2.75) is 118 Å². The summed E-state index contributed by atoms with van der Waals surface area (Å²) < 4.78 is 47.9. The van der Waals surface area contributed by atoms with Crippen LogP contribution < -0.4 is 0 Å². The van der Waals surface area contributed by atoms with Crippen molar-refractivity contribution >= 4 is 11.9 Å². The molecule has 1 atom stereocenters. The number of carbonyl (C=O) groups is 2. The lowest BCUT2D eigenvalue weighted by Crippen LogP contribution is -2.50. The molecule has 0 aliphatic heterocycles. The predicted molar refractivity (Wildman–Crippen MR) is 114 cm³/mol. The van der Waals surface area contributed by atoms with Gasteiger partial charge in [0.1, 0.15) is 5.60 Å². The minimum Gasteiger partial charge on any atom is -0.458 e. The van der Waals surface area contributed by atoms with E-state index in [4.69, 9.17) is 4.74 Å². The molecule has 0 aromatic carbocycles. The van der Waals surface area contributed by atoms with Crippen LogP contribution in [0.15, 0.2) is 0 Å². The van der Waals surface area contributed by atoms with Crippen molar-refractivity contribution in [3.63, 3.8) is 0 Å². The highest BCUT2D eigenvalue weighted by molar-refractivity contribution is 5.79. The Labute approximate surface area is 185 Å². The molecule has 1 fully saturated rings. The van der Waals surface area contributed by atoms with Gasteiger partial charge in [-0.15, -0.1) is 0 Å². The highest BCUT2D eigenvalue weighted by Crippen LogP contribution is 2.51. The average molecular weight is 451 g/mol. The molecule has 0 radical (unpaired) electrons. The Bertz CT molecular complexity index is 619. The summed E-state index contributed by atoms with van der Waals surface area (Å²) in [7, 11) is 0. The van der Waals surface area contributed by atoms with Crippen LogP contribution in [0.2, 0.25) is 0 Å². The second-order valence-electron chi connectivity index (χ2n) is 10.8. The maximum atomic E-state index is 13.7. The first-order valence-electron chi connectivity index (χ1n) is 11.5. The quantitative estimate of drug-likeness (QED) is 0.336. The van der Waals surface area contributed by atoms with E-state index in [0.717, 1.165) is 32.1 Å². The van der Waals surface area contributed by atoms with Gasteiger partial charge in [-0.1, -0.05) is 54.4 Å². The van der Waals surface area contributed by atoms with Gasteiger partial charge < -0.3 is 9.47 Å². The van der Waals surface area contributed by atoms with Gasteiger partial charge in [0.25, 0.3) is 0 Å². The van der Waals surface area contributed by atoms with Crippen LogP contribution >= 0.6 is 0 Å².